The van der Waals surface area contributed by atoms with Crippen molar-refractivity contribution in [2.75, 3.05) is 0 Å². The second-order valence-electron chi connectivity index (χ2n) is 5.75. The number of benzene rings is 1. The maximum atomic E-state index is 6.21. The fraction of sp³-hybridized carbons (Fsp3) is 0.412. The van der Waals surface area contributed by atoms with Crippen LogP contribution in [0.5, 0.6) is 0 Å². The molecule has 1 aliphatic carbocycles. The molecule has 0 aliphatic heterocycles. The highest BCUT2D eigenvalue weighted by molar-refractivity contribution is 5.32. The van der Waals surface area contributed by atoms with E-state index in [1.165, 1.54) is 11.1 Å². The smallest absolute Gasteiger partial charge is 0.0869 e. The molecule has 0 fully saturated rings. The Morgan fingerprint density at radius 3 is 2.44 bits per heavy atom. The Kier molecular flexibility index (Phi) is 4.03. The Labute approximate surface area is 110 Å². The lowest BCUT2D eigenvalue weighted by Gasteiger charge is -2.28. The lowest BCUT2D eigenvalue weighted by molar-refractivity contribution is -0.0409. The molecule has 0 N–H and O–H groups in total. The van der Waals surface area contributed by atoms with Gasteiger partial charge in [0.2, 0.25) is 0 Å². The average molecular weight is 242 g/mol. The monoisotopic (exact) mass is 242 g/mol. The van der Waals surface area contributed by atoms with Crippen LogP contribution in [0.3, 0.4) is 0 Å². The van der Waals surface area contributed by atoms with E-state index in [9.17, 15) is 0 Å². The average Bonchev–Trinajstić information content (AvgIpc) is 2.81. The van der Waals surface area contributed by atoms with Gasteiger partial charge in [0.15, 0.2) is 0 Å². The molecule has 0 heterocycles. The summed E-state index contributed by atoms with van der Waals surface area (Å²) in [7, 11) is 0. The Morgan fingerprint density at radius 2 is 1.89 bits per heavy atom. The maximum absolute atomic E-state index is 6.21. The van der Waals surface area contributed by atoms with Gasteiger partial charge in [-0.1, -0.05) is 48.6 Å². The summed E-state index contributed by atoms with van der Waals surface area (Å²) in [6.45, 7) is 6.35. The molecule has 0 aromatic heterocycles. The third kappa shape index (κ3) is 3.85. The molecule has 96 valence electrons. The topological polar surface area (TPSA) is 9.23 Å². The molecule has 1 nitrogen and oxygen atoms in total. The van der Waals surface area contributed by atoms with Crippen LogP contribution in [0.25, 0.3) is 0 Å². The number of ether oxygens (including phenoxy) is 1. The number of hydrogen-bond donors (Lipinski definition) is 0. The zero-order valence-electron chi connectivity index (χ0n) is 11.5. The molecule has 0 radical (unpaired) electrons. The van der Waals surface area contributed by atoms with Crippen LogP contribution in [0.15, 0.2) is 54.1 Å². The van der Waals surface area contributed by atoms with Crippen LogP contribution in [-0.4, -0.2) is 11.7 Å². The van der Waals surface area contributed by atoms with Gasteiger partial charge in [0.25, 0.3) is 0 Å². The van der Waals surface area contributed by atoms with Crippen molar-refractivity contribution in [1.82, 2.24) is 0 Å². The Bertz CT molecular complexity index is 434. The van der Waals surface area contributed by atoms with Gasteiger partial charge in [0.05, 0.1) is 11.7 Å². The molecular formula is C17H22O. The second-order valence-corrected chi connectivity index (χ2v) is 5.75. The summed E-state index contributed by atoms with van der Waals surface area (Å²) in [6.07, 6.45) is 8.78. The molecule has 1 aromatic carbocycles. The van der Waals surface area contributed by atoms with E-state index in [-0.39, 0.29) is 11.7 Å². The summed E-state index contributed by atoms with van der Waals surface area (Å²) in [4.78, 5) is 0. The maximum Gasteiger partial charge on any atom is 0.0869 e. The molecule has 0 spiro atoms. The van der Waals surface area contributed by atoms with Crippen LogP contribution in [0, 0.1) is 0 Å². The largest absolute Gasteiger partial charge is 0.368 e. The summed E-state index contributed by atoms with van der Waals surface area (Å²) in [5.74, 6) is 0. The van der Waals surface area contributed by atoms with E-state index < -0.39 is 0 Å². The van der Waals surface area contributed by atoms with Crippen molar-refractivity contribution in [2.45, 2.75) is 45.3 Å². The van der Waals surface area contributed by atoms with Gasteiger partial charge in [0.1, 0.15) is 0 Å². The molecule has 0 bridgehead atoms. The van der Waals surface area contributed by atoms with Crippen LogP contribution >= 0.6 is 0 Å². The van der Waals surface area contributed by atoms with Crippen LogP contribution < -0.4 is 0 Å². The first-order valence-corrected chi connectivity index (χ1v) is 6.63. The van der Waals surface area contributed by atoms with E-state index in [0.29, 0.717) is 0 Å². The van der Waals surface area contributed by atoms with Gasteiger partial charge in [-0.15, -0.1) is 0 Å². The Morgan fingerprint density at radius 1 is 1.17 bits per heavy atom. The standard InChI is InChI=1S/C17H22O/c1-17(2,3)18-16(15-11-7-8-12-15)13-14-9-5-4-6-10-14/h4-7,9-12,16H,8,13H2,1-3H3. The van der Waals surface area contributed by atoms with Crippen molar-refractivity contribution in [2.24, 2.45) is 0 Å². The molecule has 1 unspecified atom stereocenters. The third-order valence-corrected chi connectivity index (χ3v) is 2.93. The lowest BCUT2D eigenvalue weighted by Crippen LogP contribution is -2.29. The van der Waals surface area contributed by atoms with E-state index >= 15 is 0 Å². The number of hydrogen-bond acceptors (Lipinski definition) is 1. The molecule has 2 rings (SSSR count). The molecule has 1 aliphatic rings. The fourth-order valence-corrected chi connectivity index (χ4v) is 2.20. The molecule has 0 saturated heterocycles. The summed E-state index contributed by atoms with van der Waals surface area (Å²) < 4.78 is 6.21. The van der Waals surface area contributed by atoms with Gasteiger partial charge in [-0.2, -0.15) is 0 Å². The van der Waals surface area contributed by atoms with E-state index in [4.69, 9.17) is 4.74 Å². The van der Waals surface area contributed by atoms with Gasteiger partial charge >= 0.3 is 0 Å². The minimum Gasteiger partial charge on any atom is -0.368 e. The van der Waals surface area contributed by atoms with Gasteiger partial charge in [-0.3, -0.25) is 0 Å². The van der Waals surface area contributed by atoms with E-state index in [2.05, 4.69) is 69.3 Å². The minimum absolute atomic E-state index is 0.114. The third-order valence-electron chi connectivity index (χ3n) is 2.93. The predicted octanol–water partition coefficient (Wildman–Crippen LogP) is 4.30. The van der Waals surface area contributed by atoms with Gasteiger partial charge in [-0.05, 0) is 38.3 Å². The number of rotatable bonds is 4. The van der Waals surface area contributed by atoms with E-state index in [0.717, 1.165) is 12.8 Å². The van der Waals surface area contributed by atoms with E-state index in [1.807, 2.05) is 0 Å². The van der Waals surface area contributed by atoms with Crippen molar-refractivity contribution in [1.29, 1.82) is 0 Å². The summed E-state index contributed by atoms with van der Waals surface area (Å²) >= 11 is 0. The van der Waals surface area contributed by atoms with Gasteiger partial charge < -0.3 is 4.74 Å². The van der Waals surface area contributed by atoms with Crippen molar-refractivity contribution >= 4 is 0 Å². The van der Waals surface area contributed by atoms with Crippen molar-refractivity contribution in [3.05, 3.63) is 59.7 Å². The highest BCUT2D eigenvalue weighted by Gasteiger charge is 2.22. The highest BCUT2D eigenvalue weighted by atomic mass is 16.5. The van der Waals surface area contributed by atoms with Crippen LogP contribution in [0.4, 0.5) is 0 Å². The first-order valence-electron chi connectivity index (χ1n) is 6.63. The van der Waals surface area contributed by atoms with Crippen LogP contribution in [0.2, 0.25) is 0 Å². The predicted molar refractivity (Wildman–Crippen MR) is 76.6 cm³/mol. The molecule has 1 aromatic rings. The Balaban J connectivity index is 2.12. The second kappa shape index (κ2) is 5.53. The van der Waals surface area contributed by atoms with Gasteiger partial charge in [-0.25, -0.2) is 0 Å². The first kappa shape index (κ1) is 13.1. The summed E-state index contributed by atoms with van der Waals surface area (Å²) in [6, 6.07) is 10.6. The highest BCUT2D eigenvalue weighted by Crippen LogP contribution is 2.24. The lowest BCUT2D eigenvalue weighted by atomic mass is 10.0. The molecule has 18 heavy (non-hydrogen) atoms. The Hall–Kier alpha value is -1.34. The molecule has 1 atom stereocenters. The first-order chi connectivity index (χ1) is 8.54. The van der Waals surface area contributed by atoms with Gasteiger partial charge in [0, 0.05) is 6.42 Å². The van der Waals surface area contributed by atoms with E-state index in [1.54, 1.807) is 0 Å². The SMILES string of the molecule is CC(C)(C)OC(Cc1ccccc1)C1=CCC=C1. The fourth-order valence-electron chi connectivity index (χ4n) is 2.20. The number of allylic oxidation sites excluding steroid dienone is 2. The quantitative estimate of drug-likeness (QED) is 0.765. The van der Waals surface area contributed by atoms with Crippen LogP contribution in [0.1, 0.15) is 32.8 Å². The van der Waals surface area contributed by atoms with Crippen LogP contribution in [-0.2, 0) is 11.2 Å². The zero-order valence-corrected chi connectivity index (χ0v) is 11.5. The molecular weight excluding hydrogens is 220 g/mol. The molecule has 0 amide bonds. The molecule has 0 saturated carbocycles. The summed E-state index contributed by atoms with van der Waals surface area (Å²) in [5.41, 5.74) is 2.53. The van der Waals surface area contributed by atoms with Crippen molar-refractivity contribution < 1.29 is 4.74 Å². The molecule has 1 heteroatoms. The van der Waals surface area contributed by atoms with Crippen molar-refractivity contribution in [3.8, 4) is 0 Å². The minimum atomic E-state index is -0.114. The van der Waals surface area contributed by atoms with Crippen molar-refractivity contribution in [3.63, 3.8) is 0 Å². The summed E-state index contributed by atoms with van der Waals surface area (Å²) in [5, 5.41) is 0. The normalized spacial score (nSPS) is 16.7. The zero-order chi connectivity index (χ0) is 13.0.